The number of alkyl halides is 3. The fourth-order valence-corrected chi connectivity index (χ4v) is 20.2. The molecule has 5 aromatic carbocycles. The quantitative estimate of drug-likeness (QED) is 0.130. The summed E-state index contributed by atoms with van der Waals surface area (Å²) < 4.78 is 76.1. The van der Waals surface area contributed by atoms with Crippen LogP contribution in [0.3, 0.4) is 0 Å². The summed E-state index contributed by atoms with van der Waals surface area (Å²) in [5.74, 6) is 14.9. The van der Waals surface area contributed by atoms with Gasteiger partial charge in [-0.2, -0.15) is 13.2 Å². The molecule has 6 aliphatic heterocycles. The predicted molar refractivity (Wildman–Crippen MR) is 375 cm³/mol. The standard InChI is InChI=1S/C25H28N2O2S2.C23H27ClN2O2S.C22H25F3N2O2S2/c1-31(29)15-10-20(11-16-31)25(28)27-13-12-26(18-23(27)24-7-4-14-30-24)22-9-8-19-5-2-3-6-21(19)17-22;1-29(28)14-10-19(11-15-29)23(27)26-13-12-25(21-9-5-8-20(24)16-21)17-22(26)18-6-3-2-4-7-18;1-31(29)12-7-16(8-13-31)21(28)27-10-9-26(15-19(27)20-6-3-11-30-20)18-5-2-4-17(14-18)22(23,24)25/h2-9,14,17,20,23H,1,10-13,15-16,18H2;2-9,16,19,22H,1,10-15,17H2;2-6,11,14,16,19H,1,7-10,12-13,15H2. The van der Waals surface area contributed by atoms with Crippen LogP contribution in [0.2, 0.25) is 5.02 Å². The fourth-order valence-electron chi connectivity index (χ4n) is 13.5. The van der Waals surface area contributed by atoms with Crippen molar-refractivity contribution in [2.24, 2.45) is 17.8 Å². The van der Waals surface area contributed by atoms with Crippen LogP contribution in [-0.2, 0) is 49.1 Å². The summed E-state index contributed by atoms with van der Waals surface area (Å²) in [5, 5.41) is 7.24. The number of amides is 3. The first-order valence-electron chi connectivity index (χ1n) is 31.2. The van der Waals surface area contributed by atoms with Crippen molar-refractivity contribution in [3.05, 3.63) is 182 Å². The van der Waals surface area contributed by atoms with Crippen molar-refractivity contribution >= 4 is 126 Å². The maximum atomic E-state index is 13.5. The van der Waals surface area contributed by atoms with Crippen LogP contribution in [0.4, 0.5) is 30.2 Å². The van der Waals surface area contributed by atoms with E-state index in [4.69, 9.17) is 11.6 Å². The molecular weight excluding hydrogens is 1270 g/mol. The lowest BCUT2D eigenvalue weighted by Crippen LogP contribution is -2.53. The number of nitrogens with zero attached hydrogens (tertiary/aromatic N) is 6. The zero-order valence-corrected chi connectivity index (χ0v) is 56.0. The van der Waals surface area contributed by atoms with Crippen LogP contribution < -0.4 is 14.7 Å². The van der Waals surface area contributed by atoms with Gasteiger partial charge in [0, 0.05) is 143 Å². The highest BCUT2D eigenvalue weighted by Crippen LogP contribution is 2.39. The Kier molecular flexibility index (Phi) is 20.7. The molecule has 3 unspecified atom stereocenters. The maximum absolute atomic E-state index is 13.5. The molecule has 0 N–H and O–H groups in total. The van der Waals surface area contributed by atoms with E-state index in [9.17, 15) is 40.2 Å². The first kappa shape index (κ1) is 66.2. The number of carbonyl (C=O) groups is 3. The molecule has 6 saturated heterocycles. The van der Waals surface area contributed by atoms with Gasteiger partial charge in [0.15, 0.2) is 0 Å². The summed E-state index contributed by atoms with van der Waals surface area (Å²) in [7, 11) is -6.03. The van der Waals surface area contributed by atoms with Gasteiger partial charge in [0.2, 0.25) is 17.7 Å². The molecule has 0 radical (unpaired) electrons. The highest BCUT2D eigenvalue weighted by Gasteiger charge is 2.41. The summed E-state index contributed by atoms with van der Waals surface area (Å²) in [4.78, 5) is 55.1. The number of thiophene rings is 2. The molecule has 6 fully saturated rings. The van der Waals surface area contributed by atoms with Gasteiger partial charge in [-0.25, -0.2) is 0 Å². The minimum Gasteiger partial charge on any atom is -0.367 e. The molecule has 484 valence electrons. The lowest BCUT2D eigenvalue weighted by Gasteiger charge is -2.44. The van der Waals surface area contributed by atoms with E-state index in [-0.39, 0.29) is 53.6 Å². The van der Waals surface area contributed by atoms with Gasteiger partial charge in [0.25, 0.3) is 0 Å². The number of halogens is 4. The van der Waals surface area contributed by atoms with E-state index in [1.54, 1.807) is 28.7 Å². The monoisotopic (exact) mass is 1350 g/mol. The molecule has 0 saturated carbocycles. The van der Waals surface area contributed by atoms with Gasteiger partial charge in [-0.1, -0.05) is 96.5 Å². The van der Waals surface area contributed by atoms with E-state index in [2.05, 4.69) is 110 Å². The Labute approximate surface area is 548 Å². The molecule has 0 bridgehead atoms. The third-order valence-electron chi connectivity index (χ3n) is 18.8. The van der Waals surface area contributed by atoms with Crippen molar-refractivity contribution in [3.63, 3.8) is 0 Å². The Morgan fingerprint density at radius 1 is 0.440 bits per heavy atom. The Morgan fingerprint density at radius 3 is 1.29 bits per heavy atom. The Bertz CT molecular complexity index is 3980. The third kappa shape index (κ3) is 16.4. The highest BCUT2D eigenvalue weighted by atomic mass is 35.5. The Morgan fingerprint density at radius 2 is 0.846 bits per heavy atom. The molecule has 3 atom stereocenters. The molecule has 0 spiro atoms. The van der Waals surface area contributed by atoms with Gasteiger partial charge in [0.1, 0.15) is 0 Å². The highest BCUT2D eigenvalue weighted by molar-refractivity contribution is 8.00. The molecular formula is C70H80ClF3N6O6S5. The predicted octanol–water partition coefficient (Wildman–Crippen LogP) is 12.6. The van der Waals surface area contributed by atoms with Gasteiger partial charge in [-0.3, -0.25) is 27.0 Å². The maximum Gasteiger partial charge on any atom is 0.416 e. The first-order valence-corrected chi connectivity index (χ1v) is 39.6. The number of rotatable bonds is 9. The Balaban J connectivity index is 0.000000140. The second-order valence-corrected chi connectivity index (χ2v) is 35.6. The number of piperazine rings is 3. The minimum atomic E-state index is -4.39. The van der Waals surface area contributed by atoms with Gasteiger partial charge in [0.05, 0.1) is 23.7 Å². The van der Waals surface area contributed by atoms with Crippen molar-refractivity contribution in [1.82, 2.24) is 14.7 Å². The number of fused-ring (bicyclic) bond motifs is 1. The van der Waals surface area contributed by atoms with Crippen molar-refractivity contribution in [3.8, 4) is 0 Å². The second kappa shape index (κ2) is 28.5. The third-order valence-corrected chi connectivity index (χ3v) is 26.9. The summed E-state index contributed by atoms with van der Waals surface area (Å²) >= 11 is 9.47. The van der Waals surface area contributed by atoms with Crippen LogP contribution in [0.1, 0.15) is 77.5 Å². The molecule has 7 aromatic rings. The number of hydrogen-bond donors (Lipinski definition) is 0. The van der Waals surface area contributed by atoms with Crippen LogP contribution in [-0.4, -0.2) is 156 Å². The van der Waals surface area contributed by atoms with E-state index in [0.29, 0.717) is 111 Å². The molecule has 91 heavy (non-hydrogen) atoms. The molecule has 8 heterocycles. The lowest BCUT2D eigenvalue weighted by atomic mass is 9.96. The van der Waals surface area contributed by atoms with E-state index < -0.39 is 40.3 Å². The second-order valence-electron chi connectivity index (χ2n) is 24.9. The Hall–Kier alpha value is -6.29. The van der Waals surface area contributed by atoms with Gasteiger partial charge >= 0.3 is 6.18 Å². The average molecular weight is 1350 g/mol. The van der Waals surface area contributed by atoms with E-state index in [1.165, 1.54) is 33.5 Å². The van der Waals surface area contributed by atoms with Crippen molar-refractivity contribution in [2.45, 2.75) is 62.8 Å². The van der Waals surface area contributed by atoms with Crippen LogP contribution in [0.25, 0.3) is 10.8 Å². The number of benzene rings is 5. The van der Waals surface area contributed by atoms with Crippen LogP contribution in [0.5, 0.6) is 0 Å². The normalized spacial score (nSPS) is 27.3. The van der Waals surface area contributed by atoms with Crippen LogP contribution >= 0.6 is 34.3 Å². The molecule has 2 aromatic heterocycles. The van der Waals surface area contributed by atoms with Gasteiger partial charge in [-0.15, -0.1) is 22.7 Å². The molecule has 0 aliphatic carbocycles. The van der Waals surface area contributed by atoms with Crippen molar-refractivity contribution < 1.29 is 40.2 Å². The van der Waals surface area contributed by atoms with Gasteiger partial charge < -0.3 is 29.4 Å². The largest absolute Gasteiger partial charge is 0.416 e. The van der Waals surface area contributed by atoms with E-state index in [1.807, 2.05) is 68.6 Å². The molecule has 21 heteroatoms. The lowest BCUT2D eigenvalue weighted by molar-refractivity contribution is -0.139. The van der Waals surface area contributed by atoms with Crippen LogP contribution in [0.15, 0.2) is 156 Å². The smallest absolute Gasteiger partial charge is 0.367 e. The van der Waals surface area contributed by atoms with Crippen LogP contribution in [0, 0.1) is 17.8 Å². The minimum absolute atomic E-state index is 0.0116. The number of carbonyl (C=O) groups excluding carboxylic acids is 3. The molecule has 6 aliphatic rings. The summed E-state index contributed by atoms with van der Waals surface area (Å²) in [6.45, 7) is 5.84. The number of anilines is 3. The van der Waals surface area contributed by atoms with Crippen molar-refractivity contribution in [2.75, 3.05) is 108 Å². The number of hydrogen-bond acceptors (Lipinski definition) is 11. The SMILES string of the molecule is C=S1(=O)CCC(C(=O)N2CCN(c3ccc4ccccc4c3)CC2c2cccs2)CC1.C=S1(=O)CCC(C(=O)N2CCN(c3cccc(C(F)(F)F)c3)CC2c2cccs2)CC1.C=S1(=O)CCC(C(=O)N2CCN(c3cccc(Cl)c3)CC2c2ccccc2)CC1. The average Bonchev–Trinajstić information content (AvgIpc) is 1.81. The summed E-state index contributed by atoms with van der Waals surface area (Å²) in [6, 6.07) is 46.5. The van der Waals surface area contributed by atoms with Crippen molar-refractivity contribution in [1.29, 1.82) is 0 Å². The summed E-state index contributed by atoms with van der Waals surface area (Å²) in [5.41, 5.74) is 3.28. The first-order chi connectivity index (χ1) is 43.6. The molecule has 12 nitrogen and oxygen atoms in total. The van der Waals surface area contributed by atoms with E-state index in [0.717, 1.165) is 53.4 Å². The molecule has 13 rings (SSSR count). The van der Waals surface area contributed by atoms with E-state index >= 15 is 0 Å². The van der Waals surface area contributed by atoms with Gasteiger partial charge in [-0.05, 0) is 172 Å². The zero-order chi connectivity index (χ0) is 64.1. The summed E-state index contributed by atoms with van der Waals surface area (Å²) in [6.07, 6.45) is -0.492. The topological polar surface area (TPSA) is 122 Å². The zero-order valence-electron chi connectivity index (χ0n) is 51.1. The molecule has 3 amide bonds. The fraction of sp³-hybridized carbons (Fsp3) is 0.400.